The van der Waals surface area contributed by atoms with Crippen molar-refractivity contribution in [2.24, 2.45) is 7.05 Å². The predicted molar refractivity (Wildman–Crippen MR) is 144 cm³/mol. The third-order valence-corrected chi connectivity index (χ3v) is 7.45. The van der Waals surface area contributed by atoms with E-state index in [4.69, 9.17) is 4.74 Å². The number of nitrogens with one attached hydrogen (secondary N) is 2. The van der Waals surface area contributed by atoms with E-state index in [2.05, 4.69) is 15.0 Å². The largest absolute Gasteiger partial charge is 0.495 e. The highest BCUT2D eigenvalue weighted by molar-refractivity contribution is 7.89. The monoisotopic (exact) mass is 518 g/mol. The zero-order valence-corrected chi connectivity index (χ0v) is 22.3. The average Bonchev–Trinajstić information content (AvgIpc) is 3.27. The fourth-order valence-electron chi connectivity index (χ4n) is 3.86. The number of imidazole rings is 1. The number of carbonyl (C=O) groups excluding carboxylic acids is 1. The Morgan fingerprint density at radius 3 is 2.38 bits per heavy atom. The predicted octanol–water partition coefficient (Wildman–Crippen LogP) is 4.75. The number of hydrogen-bond donors (Lipinski definition) is 2. The molecule has 3 aromatic carbocycles. The molecule has 0 radical (unpaired) electrons. The number of hydrogen-bond acceptors (Lipinski definition) is 5. The van der Waals surface area contributed by atoms with Gasteiger partial charge in [-0.15, -0.1) is 0 Å². The van der Waals surface area contributed by atoms with Gasteiger partial charge in [0.15, 0.2) is 5.03 Å². The van der Waals surface area contributed by atoms with Crippen molar-refractivity contribution < 1.29 is 17.9 Å². The molecular weight excluding hydrogens is 488 g/mol. The molecule has 0 aliphatic carbocycles. The first-order chi connectivity index (χ1) is 17.6. The molecule has 37 heavy (non-hydrogen) atoms. The number of aromatic nitrogens is 2. The van der Waals surface area contributed by atoms with E-state index in [-0.39, 0.29) is 17.5 Å². The molecule has 0 aliphatic heterocycles. The summed E-state index contributed by atoms with van der Waals surface area (Å²) in [5.74, 6) is 0.854. The summed E-state index contributed by atoms with van der Waals surface area (Å²) in [6.45, 7) is 6.03. The van der Waals surface area contributed by atoms with Crippen molar-refractivity contribution in [3.05, 3.63) is 94.7 Å². The molecule has 0 spiro atoms. The van der Waals surface area contributed by atoms with Crippen LogP contribution in [-0.2, 0) is 23.6 Å². The molecule has 2 N–H and O–H groups in total. The molecule has 192 valence electrons. The van der Waals surface area contributed by atoms with E-state index in [1.54, 1.807) is 49.1 Å². The van der Waals surface area contributed by atoms with Crippen LogP contribution in [0.1, 0.15) is 32.6 Å². The molecule has 0 atom stereocenters. The van der Waals surface area contributed by atoms with Crippen molar-refractivity contribution in [1.29, 1.82) is 0 Å². The molecule has 0 saturated heterocycles. The van der Waals surface area contributed by atoms with E-state index >= 15 is 0 Å². The van der Waals surface area contributed by atoms with Crippen LogP contribution in [0.3, 0.4) is 0 Å². The fraction of sp³-hybridized carbons (Fsp3) is 0.214. The minimum Gasteiger partial charge on any atom is -0.495 e. The number of benzene rings is 3. The summed E-state index contributed by atoms with van der Waals surface area (Å²) < 4.78 is 35.5. The fourth-order valence-corrected chi connectivity index (χ4v) is 4.87. The zero-order chi connectivity index (χ0) is 26.7. The van der Waals surface area contributed by atoms with Crippen molar-refractivity contribution in [2.45, 2.75) is 32.3 Å². The van der Waals surface area contributed by atoms with Crippen molar-refractivity contribution in [1.82, 2.24) is 14.3 Å². The number of ether oxygens (including phenoxy) is 1. The molecule has 0 aliphatic rings. The second-order valence-corrected chi connectivity index (χ2v) is 10.7. The molecule has 1 amide bonds. The summed E-state index contributed by atoms with van der Waals surface area (Å²) in [6.07, 6.45) is 1.50. The highest BCUT2D eigenvalue weighted by Gasteiger charge is 2.20. The van der Waals surface area contributed by atoms with Gasteiger partial charge in [0.2, 0.25) is 0 Å². The molecule has 0 unspecified atom stereocenters. The Morgan fingerprint density at radius 1 is 0.973 bits per heavy atom. The lowest BCUT2D eigenvalue weighted by atomic mass is 10.1. The first kappa shape index (κ1) is 26.1. The standard InChI is InChI=1S/C28H30N4O4S/c1-18-6-13-25(36-5)24(14-18)30-28(33)22-11-8-21(9-12-22)16-29-37(34,35)26-17-32(4)27(31-26)23-10-7-19(2)20(3)15-23/h6-15,17,29H,16H2,1-5H3,(H,30,33). The molecule has 8 nitrogen and oxygen atoms in total. The minimum atomic E-state index is -3.84. The molecular formula is C28H30N4O4S. The topological polar surface area (TPSA) is 102 Å². The number of sulfonamides is 1. The first-order valence-electron chi connectivity index (χ1n) is 11.7. The van der Waals surface area contributed by atoms with Crippen LogP contribution in [0.15, 0.2) is 71.9 Å². The molecule has 0 fully saturated rings. The van der Waals surface area contributed by atoms with Crippen LogP contribution < -0.4 is 14.8 Å². The average molecular weight is 519 g/mol. The van der Waals surface area contributed by atoms with E-state index < -0.39 is 10.0 Å². The second-order valence-electron chi connectivity index (χ2n) is 8.99. The number of amides is 1. The maximum Gasteiger partial charge on any atom is 0.259 e. The maximum absolute atomic E-state index is 12.9. The Hall–Kier alpha value is -3.95. The van der Waals surface area contributed by atoms with Gasteiger partial charge in [-0.05, 0) is 73.4 Å². The van der Waals surface area contributed by atoms with Gasteiger partial charge in [0, 0.05) is 30.9 Å². The first-order valence-corrected chi connectivity index (χ1v) is 13.2. The lowest BCUT2D eigenvalue weighted by molar-refractivity contribution is 0.102. The third kappa shape index (κ3) is 5.90. The number of nitrogens with zero attached hydrogens (tertiary/aromatic N) is 2. The van der Waals surface area contributed by atoms with Gasteiger partial charge in [-0.1, -0.05) is 30.3 Å². The summed E-state index contributed by atoms with van der Waals surface area (Å²) >= 11 is 0. The van der Waals surface area contributed by atoms with Gasteiger partial charge in [-0.25, -0.2) is 18.1 Å². The third-order valence-electron chi connectivity index (χ3n) is 6.18. The Kier molecular flexibility index (Phi) is 7.47. The SMILES string of the molecule is COc1ccc(C)cc1NC(=O)c1ccc(CNS(=O)(=O)c2cn(C)c(-c3ccc(C)c(C)c3)n2)cc1. The van der Waals surface area contributed by atoms with Gasteiger partial charge in [0.1, 0.15) is 11.6 Å². The minimum absolute atomic E-state index is 0.0497. The number of methoxy groups -OCH3 is 1. The van der Waals surface area contributed by atoms with Crippen LogP contribution in [0.2, 0.25) is 0 Å². The molecule has 9 heteroatoms. The Morgan fingerprint density at radius 2 is 1.70 bits per heavy atom. The lowest BCUT2D eigenvalue weighted by Crippen LogP contribution is -2.23. The number of rotatable bonds is 8. The summed E-state index contributed by atoms with van der Waals surface area (Å²) in [4.78, 5) is 17.1. The van der Waals surface area contributed by atoms with Crippen LogP contribution in [0.25, 0.3) is 11.4 Å². The van der Waals surface area contributed by atoms with Crippen molar-refractivity contribution in [2.75, 3.05) is 12.4 Å². The summed E-state index contributed by atoms with van der Waals surface area (Å²) in [7, 11) is -0.523. The van der Waals surface area contributed by atoms with Crippen LogP contribution in [0, 0.1) is 20.8 Å². The molecule has 1 heterocycles. The summed E-state index contributed by atoms with van der Waals surface area (Å²) in [5.41, 5.74) is 5.84. The smallest absolute Gasteiger partial charge is 0.259 e. The van der Waals surface area contributed by atoms with Crippen LogP contribution in [0.4, 0.5) is 5.69 Å². The van der Waals surface area contributed by atoms with E-state index in [0.717, 1.165) is 22.3 Å². The number of carbonyl (C=O) groups is 1. The summed E-state index contributed by atoms with van der Waals surface area (Å²) in [6, 6.07) is 18.2. The van der Waals surface area contributed by atoms with Crippen LogP contribution in [-0.4, -0.2) is 31.0 Å². The van der Waals surface area contributed by atoms with E-state index in [1.165, 1.54) is 6.20 Å². The molecule has 4 aromatic rings. The normalized spacial score (nSPS) is 11.4. The molecule has 0 saturated carbocycles. The highest BCUT2D eigenvalue weighted by Crippen LogP contribution is 2.26. The molecule has 1 aromatic heterocycles. The number of aryl methyl sites for hydroxylation is 4. The molecule has 4 rings (SSSR count). The van der Waals surface area contributed by atoms with Gasteiger partial charge in [-0.2, -0.15) is 0 Å². The van der Waals surface area contributed by atoms with Gasteiger partial charge in [0.05, 0.1) is 12.8 Å². The summed E-state index contributed by atoms with van der Waals surface area (Å²) in [5, 5.41) is 2.81. The van der Waals surface area contributed by atoms with Crippen molar-refractivity contribution in [3.8, 4) is 17.1 Å². The highest BCUT2D eigenvalue weighted by atomic mass is 32.2. The van der Waals surface area contributed by atoms with E-state index in [9.17, 15) is 13.2 Å². The van der Waals surface area contributed by atoms with Crippen LogP contribution in [0.5, 0.6) is 5.75 Å². The maximum atomic E-state index is 12.9. The zero-order valence-electron chi connectivity index (χ0n) is 21.5. The van der Waals surface area contributed by atoms with Gasteiger partial charge in [-0.3, -0.25) is 4.79 Å². The van der Waals surface area contributed by atoms with Gasteiger partial charge in [0.25, 0.3) is 15.9 Å². The van der Waals surface area contributed by atoms with Gasteiger partial charge < -0.3 is 14.6 Å². The second kappa shape index (κ2) is 10.6. The Balaban J connectivity index is 1.43. The number of anilines is 1. The Labute approximate surface area is 217 Å². The van der Waals surface area contributed by atoms with Crippen molar-refractivity contribution in [3.63, 3.8) is 0 Å². The van der Waals surface area contributed by atoms with E-state index in [0.29, 0.717) is 28.4 Å². The quantitative estimate of drug-likeness (QED) is 0.350. The lowest BCUT2D eigenvalue weighted by Gasteiger charge is -2.11. The van der Waals surface area contributed by atoms with Gasteiger partial charge >= 0.3 is 0 Å². The Bertz CT molecular complexity index is 1560. The van der Waals surface area contributed by atoms with Crippen molar-refractivity contribution >= 4 is 21.6 Å². The van der Waals surface area contributed by atoms with E-state index in [1.807, 2.05) is 51.1 Å². The molecule has 0 bridgehead atoms. The van der Waals surface area contributed by atoms with Crippen LogP contribution >= 0.6 is 0 Å².